The minimum atomic E-state index is -0.694. The second-order valence-electron chi connectivity index (χ2n) is 5.01. The molecule has 0 aromatic rings. The molecule has 0 saturated heterocycles. The highest BCUT2D eigenvalue weighted by Crippen LogP contribution is 2.02. The van der Waals surface area contributed by atoms with Crippen molar-refractivity contribution in [3.8, 4) is 0 Å². The van der Waals surface area contributed by atoms with Gasteiger partial charge in [-0.3, -0.25) is 4.79 Å². The molecule has 0 saturated carbocycles. The average molecular weight is 278 g/mol. The molecule has 0 radical (unpaired) electrons. The second-order valence-corrected chi connectivity index (χ2v) is 5.01. The Morgan fingerprint density at radius 1 is 0.800 bits per heavy atom. The van der Waals surface area contributed by atoms with Crippen LogP contribution in [0.5, 0.6) is 0 Å². The van der Waals surface area contributed by atoms with Crippen LogP contribution in [0.15, 0.2) is 36.5 Å². The molecule has 0 aromatic heterocycles. The molecule has 0 amide bonds. The Labute approximate surface area is 124 Å². The van der Waals surface area contributed by atoms with Gasteiger partial charge in [0.15, 0.2) is 0 Å². The van der Waals surface area contributed by atoms with Gasteiger partial charge in [0.05, 0.1) is 0 Å². The number of hydrogen-bond acceptors (Lipinski definition) is 1. The first-order valence-electron chi connectivity index (χ1n) is 7.94. The first kappa shape index (κ1) is 18.7. The fourth-order valence-electron chi connectivity index (χ4n) is 1.80. The molecular weight excluding hydrogens is 248 g/mol. The third kappa shape index (κ3) is 16.7. The highest BCUT2D eigenvalue weighted by molar-refractivity contribution is 5.66. The van der Waals surface area contributed by atoms with E-state index >= 15 is 0 Å². The van der Waals surface area contributed by atoms with E-state index in [2.05, 4.69) is 43.4 Å². The number of aliphatic carboxylic acids is 1. The number of allylic oxidation sites excluding steroid dienone is 6. The van der Waals surface area contributed by atoms with Gasteiger partial charge in [-0.2, -0.15) is 0 Å². The van der Waals surface area contributed by atoms with Crippen LogP contribution >= 0.6 is 0 Å². The van der Waals surface area contributed by atoms with E-state index in [1.807, 2.05) is 0 Å². The molecule has 0 bridgehead atoms. The summed E-state index contributed by atoms with van der Waals surface area (Å²) >= 11 is 0. The van der Waals surface area contributed by atoms with E-state index in [9.17, 15) is 4.79 Å². The summed E-state index contributed by atoms with van der Waals surface area (Å²) in [5, 5.41) is 8.49. The summed E-state index contributed by atoms with van der Waals surface area (Å²) in [6.45, 7) is 2.22. The lowest BCUT2D eigenvalue weighted by molar-refractivity contribution is -0.137. The maximum absolute atomic E-state index is 10.3. The molecule has 0 unspecified atom stereocenters. The number of rotatable bonds is 13. The van der Waals surface area contributed by atoms with Gasteiger partial charge >= 0.3 is 5.97 Å². The van der Waals surface area contributed by atoms with E-state index in [4.69, 9.17) is 5.11 Å². The van der Waals surface area contributed by atoms with E-state index in [0.717, 1.165) is 38.5 Å². The molecule has 2 heteroatoms. The van der Waals surface area contributed by atoms with Gasteiger partial charge in [-0.05, 0) is 44.9 Å². The molecule has 2 nitrogen and oxygen atoms in total. The third-order valence-corrected chi connectivity index (χ3v) is 3.01. The summed E-state index contributed by atoms with van der Waals surface area (Å²) in [5.41, 5.74) is 0. The van der Waals surface area contributed by atoms with E-state index in [0.29, 0.717) is 6.42 Å². The second kappa shape index (κ2) is 15.7. The average Bonchev–Trinajstić information content (AvgIpc) is 2.43. The van der Waals surface area contributed by atoms with Crippen LogP contribution in [0.1, 0.15) is 71.1 Å². The highest BCUT2D eigenvalue weighted by atomic mass is 16.4. The van der Waals surface area contributed by atoms with Gasteiger partial charge in [0.25, 0.3) is 0 Å². The molecule has 0 rings (SSSR count). The minimum absolute atomic E-state index is 0.291. The first-order chi connectivity index (χ1) is 9.77. The number of carboxylic acid groups (broad SMARTS) is 1. The van der Waals surface area contributed by atoms with E-state index in [1.165, 1.54) is 19.3 Å². The Hall–Kier alpha value is -1.31. The molecular formula is C18H30O2. The van der Waals surface area contributed by atoms with Crippen molar-refractivity contribution in [3.05, 3.63) is 36.5 Å². The van der Waals surface area contributed by atoms with E-state index in [-0.39, 0.29) is 0 Å². The minimum Gasteiger partial charge on any atom is -0.481 e. The van der Waals surface area contributed by atoms with E-state index in [1.54, 1.807) is 0 Å². The van der Waals surface area contributed by atoms with Gasteiger partial charge in [0.1, 0.15) is 0 Å². The van der Waals surface area contributed by atoms with E-state index < -0.39 is 5.97 Å². The normalized spacial score (nSPS) is 12.1. The van der Waals surface area contributed by atoms with Gasteiger partial charge in [-0.1, -0.05) is 56.2 Å². The predicted molar refractivity (Wildman–Crippen MR) is 86.9 cm³/mol. The van der Waals surface area contributed by atoms with Crippen molar-refractivity contribution in [2.24, 2.45) is 0 Å². The molecule has 0 aliphatic rings. The Kier molecular flexibility index (Phi) is 14.7. The predicted octanol–water partition coefficient (Wildman–Crippen LogP) is 5.66. The van der Waals surface area contributed by atoms with Crippen molar-refractivity contribution < 1.29 is 9.90 Å². The summed E-state index contributed by atoms with van der Waals surface area (Å²) in [7, 11) is 0. The van der Waals surface area contributed by atoms with Crippen LogP contribution in [0.2, 0.25) is 0 Å². The van der Waals surface area contributed by atoms with Crippen LogP contribution in [0, 0.1) is 0 Å². The van der Waals surface area contributed by atoms with Crippen LogP contribution in [0.4, 0.5) is 0 Å². The maximum atomic E-state index is 10.3. The molecule has 0 heterocycles. The van der Waals surface area contributed by atoms with Crippen molar-refractivity contribution in [2.75, 3.05) is 0 Å². The standard InChI is InChI=1S/C18H30O2/c1-2-3-4-5-6-7-8-9-10-11-12-13-14-15-16-17-18(19)20/h5-6,9-10,12-13H,2-4,7-8,11,14-17H2,1H3,(H,19,20). The number of carboxylic acids is 1. The molecule has 1 N–H and O–H groups in total. The third-order valence-electron chi connectivity index (χ3n) is 3.01. The van der Waals surface area contributed by atoms with Gasteiger partial charge in [0.2, 0.25) is 0 Å². The van der Waals surface area contributed by atoms with Crippen molar-refractivity contribution >= 4 is 5.97 Å². The Balaban J connectivity index is 3.30. The smallest absolute Gasteiger partial charge is 0.303 e. The molecule has 0 aliphatic carbocycles. The summed E-state index contributed by atoms with van der Waals surface area (Å²) < 4.78 is 0. The van der Waals surface area contributed by atoms with Gasteiger partial charge in [-0.15, -0.1) is 0 Å². The Morgan fingerprint density at radius 3 is 2.00 bits per heavy atom. The van der Waals surface area contributed by atoms with Crippen molar-refractivity contribution in [1.29, 1.82) is 0 Å². The van der Waals surface area contributed by atoms with Crippen molar-refractivity contribution in [1.82, 2.24) is 0 Å². The number of hydrogen-bond donors (Lipinski definition) is 1. The topological polar surface area (TPSA) is 37.3 Å². The quantitative estimate of drug-likeness (QED) is 0.348. The monoisotopic (exact) mass is 278 g/mol. The molecule has 0 spiro atoms. The molecule has 0 aliphatic heterocycles. The Bertz CT molecular complexity index is 301. The van der Waals surface area contributed by atoms with Gasteiger partial charge in [0, 0.05) is 6.42 Å². The zero-order valence-corrected chi connectivity index (χ0v) is 12.9. The van der Waals surface area contributed by atoms with Crippen LogP contribution in [-0.2, 0) is 4.79 Å². The summed E-state index contributed by atoms with van der Waals surface area (Å²) in [6, 6.07) is 0. The van der Waals surface area contributed by atoms with Crippen LogP contribution in [0.25, 0.3) is 0 Å². The summed E-state index contributed by atoms with van der Waals surface area (Å²) in [5.74, 6) is -0.694. The van der Waals surface area contributed by atoms with Crippen LogP contribution < -0.4 is 0 Å². The lowest BCUT2D eigenvalue weighted by Gasteiger charge is -1.92. The largest absolute Gasteiger partial charge is 0.481 e. The van der Waals surface area contributed by atoms with Crippen LogP contribution in [0.3, 0.4) is 0 Å². The zero-order valence-electron chi connectivity index (χ0n) is 12.9. The lowest BCUT2D eigenvalue weighted by Crippen LogP contribution is -1.92. The SMILES string of the molecule is CCCCC=CCCC=CCC=CCCCCC(=O)O. The fourth-order valence-corrected chi connectivity index (χ4v) is 1.80. The molecule has 114 valence electrons. The molecule has 0 aromatic carbocycles. The fraction of sp³-hybridized carbons (Fsp3) is 0.611. The summed E-state index contributed by atoms with van der Waals surface area (Å²) in [4.78, 5) is 10.3. The lowest BCUT2D eigenvalue weighted by atomic mass is 10.2. The molecule has 0 atom stereocenters. The molecule has 0 fully saturated rings. The maximum Gasteiger partial charge on any atom is 0.303 e. The van der Waals surface area contributed by atoms with Crippen molar-refractivity contribution in [3.63, 3.8) is 0 Å². The summed E-state index contributed by atoms with van der Waals surface area (Å²) in [6.07, 6.45) is 23.4. The van der Waals surface area contributed by atoms with Gasteiger partial charge < -0.3 is 5.11 Å². The zero-order chi connectivity index (χ0) is 14.9. The number of carbonyl (C=O) groups is 1. The first-order valence-corrected chi connectivity index (χ1v) is 7.94. The number of unbranched alkanes of at least 4 members (excludes halogenated alkanes) is 5. The van der Waals surface area contributed by atoms with Crippen LogP contribution in [-0.4, -0.2) is 11.1 Å². The van der Waals surface area contributed by atoms with Crippen molar-refractivity contribution in [2.45, 2.75) is 71.1 Å². The Morgan fingerprint density at radius 2 is 1.35 bits per heavy atom. The van der Waals surface area contributed by atoms with Gasteiger partial charge in [-0.25, -0.2) is 0 Å². The highest BCUT2D eigenvalue weighted by Gasteiger charge is 1.93. The molecule has 20 heavy (non-hydrogen) atoms.